The van der Waals surface area contributed by atoms with E-state index in [1.807, 2.05) is 38.1 Å². The number of ketones is 1. The number of Topliss-reactive ketones (excluding diaryl/α,β-unsaturated/α-hetero) is 1. The Kier molecular flexibility index (Phi) is 4.93. The fourth-order valence-corrected chi connectivity index (χ4v) is 2.56. The number of fused-ring (bicyclic) bond motifs is 1. The molecule has 0 spiro atoms. The van der Waals surface area contributed by atoms with Gasteiger partial charge in [0.1, 0.15) is 18.1 Å². The average Bonchev–Trinajstić information content (AvgIpc) is 2.61. The number of aromatic nitrogens is 2. The topological polar surface area (TPSA) is 61.3 Å². The molecule has 128 valence electrons. The lowest BCUT2D eigenvalue weighted by atomic mass is 10.1. The van der Waals surface area contributed by atoms with Crippen LogP contribution in [0.3, 0.4) is 0 Å². The third-order valence-corrected chi connectivity index (χ3v) is 3.83. The zero-order valence-corrected chi connectivity index (χ0v) is 14.6. The molecular formula is C20H20N2O3. The van der Waals surface area contributed by atoms with E-state index in [0.717, 1.165) is 22.3 Å². The van der Waals surface area contributed by atoms with Crippen molar-refractivity contribution in [3.63, 3.8) is 0 Å². The molecule has 1 heterocycles. The summed E-state index contributed by atoms with van der Waals surface area (Å²) in [7, 11) is 0. The minimum Gasteiger partial charge on any atom is -0.493 e. The fraction of sp³-hybridized carbons (Fsp3) is 0.250. The summed E-state index contributed by atoms with van der Waals surface area (Å²) in [6.45, 7) is 6.12. The van der Waals surface area contributed by atoms with E-state index in [0.29, 0.717) is 23.8 Å². The number of benzene rings is 2. The van der Waals surface area contributed by atoms with Crippen molar-refractivity contribution in [1.82, 2.24) is 9.97 Å². The van der Waals surface area contributed by atoms with E-state index in [1.165, 1.54) is 0 Å². The number of aryl methyl sites for hydroxylation is 1. The molecule has 0 saturated carbocycles. The predicted octanol–water partition coefficient (Wildman–Crippen LogP) is 4.12. The molecule has 5 nitrogen and oxygen atoms in total. The van der Waals surface area contributed by atoms with E-state index in [2.05, 4.69) is 9.97 Å². The molecule has 0 radical (unpaired) electrons. The Morgan fingerprint density at radius 1 is 1.04 bits per heavy atom. The summed E-state index contributed by atoms with van der Waals surface area (Å²) in [6, 6.07) is 13.0. The Morgan fingerprint density at radius 3 is 2.44 bits per heavy atom. The van der Waals surface area contributed by atoms with Gasteiger partial charge in [0.2, 0.25) is 5.88 Å². The number of nitrogens with zero attached hydrogens (tertiary/aromatic N) is 2. The van der Waals surface area contributed by atoms with Gasteiger partial charge in [-0.3, -0.25) is 4.79 Å². The molecule has 3 aromatic rings. The lowest BCUT2D eigenvalue weighted by Crippen LogP contribution is -2.05. The highest BCUT2D eigenvalue weighted by Crippen LogP contribution is 2.24. The van der Waals surface area contributed by atoms with Gasteiger partial charge in [-0.25, -0.2) is 9.97 Å². The van der Waals surface area contributed by atoms with E-state index in [4.69, 9.17) is 9.47 Å². The third-order valence-electron chi connectivity index (χ3n) is 3.83. The van der Waals surface area contributed by atoms with Gasteiger partial charge in [0.15, 0.2) is 5.78 Å². The van der Waals surface area contributed by atoms with Crippen LogP contribution in [0.1, 0.15) is 35.5 Å². The van der Waals surface area contributed by atoms with Crippen LogP contribution in [-0.4, -0.2) is 22.4 Å². The standard InChI is InChI=1S/C20H20N2O3/c1-4-24-19-10-9-15(14(3)23)11-16(19)12-25-20-13(2)21-17-7-5-6-8-18(17)22-20/h5-11H,4,12H2,1-3H3. The highest BCUT2D eigenvalue weighted by atomic mass is 16.5. The molecule has 0 amide bonds. The van der Waals surface area contributed by atoms with Crippen molar-refractivity contribution in [1.29, 1.82) is 0 Å². The van der Waals surface area contributed by atoms with Crippen LogP contribution in [0.15, 0.2) is 42.5 Å². The number of hydrogen-bond acceptors (Lipinski definition) is 5. The second-order valence-corrected chi connectivity index (χ2v) is 5.70. The molecule has 0 bridgehead atoms. The minimum absolute atomic E-state index is 0.00553. The molecule has 0 N–H and O–H groups in total. The summed E-state index contributed by atoms with van der Waals surface area (Å²) in [5, 5.41) is 0. The van der Waals surface area contributed by atoms with E-state index < -0.39 is 0 Å². The molecule has 0 aliphatic rings. The van der Waals surface area contributed by atoms with Crippen molar-refractivity contribution in [2.24, 2.45) is 0 Å². The van der Waals surface area contributed by atoms with Crippen molar-refractivity contribution >= 4 is 16.8 Å². The Balaban J connectivity index is 1.88. The molecule has 1 aromatic heterocycles. The number of carbonyl (C=O) groups excluding carboxylic acids is 1. The zero-order chi connectivity index (χ0) is 17.8. The van der Waals surface area contributed by atoms with Crippen LogP contribution in [0.5, 0.6) is 11.6 Å². The number of rotatable bonds is 6. The Labute approximate surface area is 146 Å². The summed E-state index contributed by atoms with van der Waals surface area (Å²) in [5.41, 5.74) is 3.78. The van der Waals surface area contributed by atoms with Crippen LogP contribution in [0.4, 0.5) is 0 Å². The van der Waals surface area contributed by atoms with Crippen LogP contribution in [-0.2, 0) is 6.61 Å². The van der Waals surface area contributed by atoms with Gasteiger partial charge < -0.3 is 9.47 Å². The van der Waals surface area contributed by atoms with Crippen LogP contribution in [0.2, 0.25) is 0 Å². The van der Waals surface area contributed by atoms with Crippen molar-refractivity contribution < 1.29 is 14.3 Å². The van der Waals surface area contributed by atoms with E-state index in [-0.39, 0.29) is 12.4 Å². The molecule has 5 heteroatoms. The molecule has 0 atom stereocenters. The minimum atomic E-state index is 0.00553. The van der Waals surface area contributed by atoms with E-state index in [9.17, 15) is 4.79 Å². The molecule has 3 rings (SSSR count). The first-order valence-electron chi connectivity index (χ1n) is 8.21. The summed E-state index contributed by atoms with van der Waals surface area (Å²) in [6.07, 6.45) is 0. The maximum absolute atomic E-state index is 11.6. The van der Waals surface area contributed by atoms with Gasteiger partial charge in [0.05, 0.1) is 17.6 Å². The van der Waals surface area contributed by atoms with E-state index in [1.54, 1.807) is 25.1 Å². The smallest absolute Gasteiger partial charge is 0.236 e. The van der Waals surface area contributed by atoms with Crippen LogP contribution >= 0.6 is 0 Å². The van der Waals surface area contributed by atoms with Crippen LogP contribution in [0.25, 0.3) is 11.0 Å². The van der Waals surface area contributed by atoms with Crippen molar-refractivity contribution in [2.75, 3.05) is 6.61 Å². The first kappa shape index (κ1) is 16.9. The Bertz CT molecular complexity index is 922. The van der Waals surface area contributed by atoms with Crippen LogP contribution < -0.4 is 9.47 Å². The second-order valence-electron chi connectivity index (χ2n) is 5.70. The molecule has 0 aliphatic heterocycles. The normalized spacial score (nSPS) is 10.7. The van der Waals surface area contributed by atoms with Crippen molar-refractivity contribution in [3.05, 3.63) is 59.3 Å². The maximum atomic E-state index is 11.6. The lowest BCUT2D eigenvalue weighted by Gasteiger charge is -2.13. The van der Waals surface area contributed by atoms with Gasteiger partial charge in [-0.05, 0) is 51.1 Å². The SMILES string of the molecule is CCOc1ccc(C(C)=O)cc1COc1nc2ccccc2nc1C. The Hall–Kier alpha value is -2.95. The van der Waals surface area contributed by atoms with Gasteiger partial charge in [-0.15, -0.1) is 0 Å². The number of carbonyl (C=O) groups is 1. The monoisotopic (exact) mass is 336 g/mol. The molecule has 0 unspecified atom stereocenters. The fourth-order valence-electron chi connectivity index (χ4n) is 2.56. The summed E-state index contributed by atoms with van der Waals surface area (Å²) in [5.74, 6) is 1.19. The highest BCUT2D eigenvalue weighted by molar-refractivity contribution is 5.94. The molecule has 25 heavy (non-hydrogen) atoms. The summed E-state index contributed by atoms with van der Waals surface area (Å²) < 4.78 is 11.5. The largest absolute Gasteiger partial charge is 0.493 e. The molecule has 0 aliphatic carbocycles. The molecule has 2 aromatic carbocycles. The molecular weight excluding hydrogens is 316 g/mol. The quantitative estimate of drug-likeness (QED) is 0.634. The lowest BCUT2D eigenvalue weighted by molar-refractivity contribution is 0.101. The first-order chi connectivity index (χ1) is 12.1. The van der Waals surface area contributed by atoms with Gasteiger partial charge >= 0.3 is 0 Å². The number of ether oxygens (including phenoxy) is 2. The highest BCUT2D eigenvalue weighted by Gasteiger charge is 2.11. The molecule has 0 saturated heterocycles. The van der Waals surface area contributed by atoms with Gasteiger partial charge in [-0.2, -0.15) is 0 Å². The number of hydrogen-bond donors (Lipinski definition) is 0. The predicted molar refractivity (Wildman–Crippen MR) is 96.2 cm³/mol. The van der Waals surface area contributed by atoms with Crippen molar-refractivity contribution in [3.8, 4) is 11.6 Å². The van der Waals surface area contributed by atoms with Crippen molar-refractivity contribution in [2.45, 2.75) is 27.4 Å². The first-order valence-corrected chi connectivity index (χ1v) is 8.21. The second kappa shape index (κ2) is 7.30. The van der Waals surface area contributed by atoms with Gasteiger partial charge in [-0.1, -0.05) is 12.1 Å². The average molecular weight is 336 g/mol. The summed E-state index contributed by atoms with van der Waals surface area (Å²) >= 11 is 0. The van der Waals surface area contributed by atoms with E-state index >= 15 is 0 Å². The van der Waals surface area contributed by atoms with Gasteiger partial charge in [0, 0.05) is 11.1 Å². The van der Waals surface area contributed by atoms with Gasteiger partial charge in [0.25, 0.3) is 0 Å². The zero-order valence-electron chi connectivity index (χ0n) is 14.6. The van der Waals surface area contributed by atoms with Crippen LogP contribution in [0, 0.1) is 6.92 Å². The molecule has 0 fully saturated rings. The number of para-hydroxylation sites is 2. The summed E-state index contributed by atoms with van der Waals surface area (Å²) in [4.78, 5) is 20.7. The third kappa shape index (κ3) is 3.76. The Morgan fingerprint density at radius 2 is 1.76 bits per heavy atom. The maximum Gasteiger partial charge on any atom is 0.236 e.